The van der Waals surface area contributed by atoms with E-state index in [-0.39, 0.29) is 31.0 Å². The van der Waals surface area contributed by atoms with E-state index in [9.17, 15) is 19.2 Å². The highest BCUT2D eigenvalue weighted by molar-refractivity contribution is 6.00. The fourth-order valence-electron chi connectivity index (χ4n) is 4.20. The van der Waals surface area contributed by atoms with Gasteiger partial charge in [-0.1, -0.05) is 6.07 Å². The van der Waals surface area contributed by atoms with E-state index in [0.29, 0.717) is 24.0 Å². The monoisotopic (exact) mass is 414 g/mol. The number of imide groups is 1. The van der Waals surface area contributed by atoms with E-state index in [1.807, 2.05) is 32.9 Å². The molecule has 160 valence electrons. The maximum absolute atomic E-state index is 13.1. The first kappa shape index (κ1) is 20.2. The molecule has 2 aliphatic heterocycles. The van der Waals surface area contributed by atoms with Gasteiger partial charge < -0.3 is 9.64 Å². The van der Waals surface area contributed by atoms with Gasteiger partial charge in [-0.25, -0.2) is 9.59 Å². The summed E-state index contributed by atoms with van der Waals surface area (Å²) < 4.78 is 8.51. The van der Waals surface area contributed by atoms with Crippen molar-refractivity contribution in [1.29, 1.82) is 0 Å². The molecule has 1 atom stereocenters. The number of amides is 3. The van der Waals surface area contributed by atoms with Gasteiger partial charge in [-0.15, -0.1) is 0 Å². The number of hydrogen-bond donors (Lipinski definition) is 1. The number of hydrogen-bond acceptors (Lipinski definition) is 5. The molecule has 2 aliphatic rings. The van der Waals surface area contributed by atoms with Crippen molar-refractivity contribution in [3.63, 3.8) is 0 Å². The van der Waals surface area contributed by atoms with Crippen LogP contribution >= 0.6 is 0 Å². The van der Waals surface area contributed by atoms with Crippen LogP contribution < -0.4 is 11.0 Å². The first-order valence-electron chi connectivity index (χ1n) is 10.1. The standard InChI is InChI=1S/C21H26N4O5/c1-21(2,3)30-20(29)24-10-9-12-5-6-14-17(13(12)11-24)25(19(28)23(14)4)15-7-8-16(26)22-18(15)27/h5-6,15H,7-11H2,1-4H3,(H,22,26,27). The second kappa shape index (κ2) is 7.00. The number of aromatic nitrogens is 2. The highest BCUT2D eigenvalue weighted by Gasteiger charge is 2.34. The summed E-state index contributed by atoms with van der Waals surface area (Å²) in [6.45, 7) is 6.26. The quantitative estimate of drug-likeness (QED) is 0.715. The van der Waals surface area contributed by atoms with Crippen molar-refractivity contribution in [3.8, 4) is 0 Å². The van der Waals surface area contributed by atoms with Crippen LogP contribution in [0.1, 0.15) is 50.8 Å². The van der Waals surface area contributed by atoms with E-state index in [2.05, 4.69) is 5.32 Å². The lowest BCUT2D eigenvalue weighted by atomic mass is 9.97. The number of nitrogens with zero attached hydrogens (tertiary/aromatic N) is 3. The van der Waals surface area contributed by atoms with Crippen LogP contribution in [0.25, 0.3) is 11.0 Å². The van der Waals surface area contributed by atoms with Crippen molar-refractivity contribution in [3.05, 3.63) is 33.7 Å². The molecule has 1 unspecified atom stereocenters. The largest absolute Gasteiger partial charge is 0.444 e. The third-order valence-corrected chi connectivity index (χ3v) is 5.63. The molecule has 0 saturated carbocycles. The fourth-order valence-corrected chi connectivity index (χ4v) is 4.20. The average molecular weight is 414 g/mol. The second-order valence-electron chi connectivity index (χ2n) is 8.90. The van der Waals surface area contributed by atoms with Gasteiger partial charge >= 0.3 is 11.8 Å². The number of imidazole rings is 1. The Bertz CT molecular complexity index is 1120. The van der Waals surface area contributed by atoms with E-state index in [1.165, 1.54) is 9.13 Å². The highest BCUT2D eigenvalue weighted by Crippen LogP contribution is 2.31. The van der Waals surface area contributed by atoms with Gasteiger partial charge in [0.25, 0.3) is 0 Å². The highest BCUT2D eigenvalue weighted by atomic mass is 16.6. The Morgan fingerprint density at radius 3 is 2.57 bits per heavy atom. The van der Waals surface area contributed by atoms with Gasteiger partial charge in [0.2, 0.25) is 11.8 Å². The SMILES string of the molecule is Cn1c(=O)n(C2CCC(=O)NC2=O)c2c3c(ccc21)CCN(C(=O)OC(C)(C)C)C3. The number of aryl methyl sites for hydroxylation is 1. The normalized spacial score (nSPS) is 19.6. The Morgan fingerprint density at radius 1 is 1.17 bits per heavy atom. The van der Waals surface area contributed by atoms with E-state index in [1.54, 1.807) is 11.9 Å². The van der Waals surface area contributed by atoms with Crippen molar-refractivity contribution in [2.24, 2.45) is 7.05 Å². The minimum atomic E-state index is -0.762. The van der Waals surface area contributed by atoms with Crippen molar-refractivity contribution in [2.45, 2.75) is 58.2 Å². The number of carbonyl (C=O) groups excluding carboxylic acids is 3. The van der Waals surface area contributed by atoms with Crippen LogP contribution in [-0.2, 0) is 34.3 Å². The molecule has 0 aliphatic carbocycles. The summed E-state index contributed by atoms with van der Waals surface area (Å²) in [4.78, 5) is 51.4. The average Bonchev–Trinajstić information content (AvgIpc) is 2.91. The minimum absolute atomic E-state index is 0.179. The van der Waals surface area contributed by atoms with E-state index in [4.69, 9.17) is 4.74 Å². The Morgan fingerprint density at radius 2 is 1.90 bits per heavy atom. The van der Waals surface area contributed by atoms with Gasteiger partial charge in [-0.2, -0.15) is 0 Å². The number of nitrogens with one attached hydrogen (secondary N) is 1. The van der Waals surface area contributed by atoms with Crippen molar-refractivity contribution >= 4 is 28.9 Å². The molecule has 3 amide bonds. The topological polar surface area (TPSA) is 103 Å². The third kappa shape index (κ3) is 3.38. The summed E-state index contributed by atoms with van der Waals surface area (Å²) in [6.07, 6.45) is 0.667. The molecule has 1 fully saturated rings. The molecule has 1 aromatic heterocycles. The zero-order valence-electron chi connectivity index (χ0n) is 17.7. The number of piperidine rings is 1. The lowest BCUT2D eigenvalue weighted by molar-refractivity contribution is -0.135. The van der Waals surface area contributed by atoms with Crippen LogP contribution in [0.2, 0.25) is 0 Å². The van der Waals surface area contributed by atoms with Gasteiger partial charge in [-0.05, 0) is 45.2 Å². The molecule has 9 nitrogen and oxygen atoms in total. The van der Waals surface area contributed by atoms with Crippen LogP contribution in [0.15, 0.2) is 16.9 Å². The molecule has 1 saturated heterocycles. The number of rotatable bonds is 1. The molecule has 30 heavy (non-hydrogen) atoms. The van der Waals surface area contributed by atoms with Crippen molar-refractivity contribution in [1.82, 2.24) is 19.4 Å². The molecule has 9 heteroatoms. The molecular weight excluding hydrogens is 388 g/mol. The van der Waals surface area contributed by atoms with Gasteiger partial charge in [-0.3, -0.25) is 24.0 Å². The van der Waals surface area contributed by atoms with Crippen molar-refractivity contribution < 1.29 is 19.1 Å². The van der Waals surface area contributed by atoms with E-state index in [0.717, 1.165) is 11.1 Å². The smallest absolute Gasteiger partial charge is 0.410 e. The maximum Gasteiger partial charge on any atom is 0.410 e. The Balaban J connectivity index is 1.81. The zero-order chi connectivity index (χ0) is 21.8. The van der Waals surface area contributed by atoms with Crippen LogP contribution in [0.4, 0.5) is 4.79 Å². The Hall–Kier alpha value is -3.10. The fraction of sp³-hybridized carbons (Fsp3) is 0.524. The number of ether oxygens (including phenoxy) is 1. The summed E-state index contributed by atoms with van der Waals surface area (Å²) >= 11 is 0. The Kier molecular flexibility index (Phi) is 4.71. The third-order valence-electron chi connectivity index (χ3n) is 5.63. The second-order valence-corrected chi connectivity index (χ2v) is 8.90. The number of benzene rings is 1. The minimum Gasteiger partial charge on any atom is -0.444 e. The molecular formula is C21H26N4O5. The summed E-state index contributed by atoms with van der Waals surface area (Å²) in [6, 6.07) is 3.08. The van der Waals surface area contributed by atoms with Gasteiger partial charge in [0.05, 0.1) is 17.6 Å². The molecule has 4 rings (SSSR count). The van der Waals surface area contributed by atoms with Gasteiger partial charge in [0.1, 0.15) is 11.6 Å². The van der Waals surface area contributed by atoms with E-state index < -0.39 is 23.6 Å². The molecule has 0 spiro atoms. The summed E-state index contributed by atoms with van der Waals surface area (Å²) in [5.74, 6) is -0.805. The lowest BCUT2D eigenvalue weighted by Gasteiger charge is -2.32. The molecule has 1 N–H and O–H groups in total. The lowest BCUT2D eigenvalue weighted by Crippen LogP contribution is -2.44. The maximum atomic E-state index is 13.1. The first-order chi connectivity index (χ1) is 14.1. The van der Waals surface area contributed by atoms with Crippen LogP contribution in [-0.4, -0.2) is 44.1 Å². The molecule has 2 aromatic rings. The molecule has 0 radical (unpaired) electrons. The predicted octanol–water partition coefficient (Wildman–Crippen LogP) is 1.61. The number of fused-ring (bicyclic) bond motifs is 3. The number of carbonyl (C=O) groups is 3. The van der Waals surface area contributed by atoms with Gasteiger partial charge in [0.15, 0.2) is 0 Å². The molecule has 1 aromatic carbocycles. The summed E-state index contributed by atoms with van der Waals surface area (Å²) in [5, 5.41) is 2.33. The van der Waals surface area contributed by atoms with Crippen molar-refractivity contribution in [2.75, 3.05) is 6.54 Å². The van der Waals surface area contributed by atoms with E-state index >= 15 is 0 Å². The molecule has 0 bridgehead atoms. The van der Waals surface area contributed by atoms with Gasteiger partial charge in [0, 0.05) is 25.6 Å². The Labute approximate surface area is 173 Å². The van der Waals surface area contributed by atoms with Crippen LogP contribution in [0.3, 0.4) is 0 Å². The van der Waals surface area contributed by atoms with Crippen LogP contribution in [0, 0.1) is 0 Å². The predicted molar refractivity (Wildman–Crippen MR) is 109 cm³/mol. The zero-order valence-corrected chi connectivity index (χ0v) is 17.7. The summed E-state index contributed by atoms with van der Waals surface area (Å²) in [5.41, 5.74) is 2.28. The molecule has 3 heterocycles. The first-order valence-corrected chi connectivity index (χ1v) is 10.1. The summed E-state index contributed by atoms with van der Waals surface area (Å²) in [7, 11) is 1.66. The van der Waals surface area contributed by atoms with Crippen LogP contribution in [0.5, 0.6) is 0 Å².